The maximum absolute atomic E-state index is 9.75. The fraction of sp³-hybridized carbons (Fsp3) is 0.600. The summed E-state index contributed by atoms with van der Waals surface area (Å²) < 4.78 is 0. The van der Waals surface area contributed by atoms with Crippen molar-refractivity contribution >= 4 is 0 Å². The zero-order valence-corrected chi connectivity index (χ0v) is 11.2. The van der Waals surface area contributed by atoms with E-state index in [0.717, 1.165) is 11.5 Å². The molecule has 1 aromatic carbocycles. The molecule has 3 unspecified atom stereocenters. The lowest BCUT2D eigenvalue weighted by Crippen LogP contribution is -2.40. The molecule has 18 heavy (non-hydrogen) atoms. The summed E-state index contributed by atoms with van der Waals surface area (Å²) in [6, 6.07) is 5.62. The molecule has 0 saturated heterocycles. The van der Waals surface area contributed by atoms with Crippen LogP contribution in [0.4, 0.5) is 0 Å². The molecule has 1 aliphatic carbocycles. The summed E-state index contributed by atoms with van der Waals surface area (Å²) in [4.78, 5) is 0. The van der Waals surface area contributed by atoms with Gasteiger partial charge in [0.2, 0.25) is 0 Å². The molecule has 1 fully saturated rings. The first kappa shape index (κ1) is 13.2. The highest BCUT2D eigenvalue weighted by molar-refractivity contribution is 5.44. The Morgan fingerprint density at radius 1 is 1.22 bits per heavy atom. The summed E-state index contributed by atoms with van der Waals surface area (Å²) in [5.74, 6) is 1.38. The van der Waals surface area contributed by atoms with Crippen molar-refractivity contribution in [2.45, 2.75) is 45.7 Å². The van der Waals surface area contributed by atoms with Gasteiger partial charge < -0.3 is 15.5 Å². The van der Waals surface area contributed by atoms with Gasteiger partial charge in [0.05, 0.1) is 0 Å². The summed E-state index contributed by atoms with van der Waals surface area (Å²) in [7, 11) is 0. The van der Waals surface area contributed by atoms with Gasteiger partial charge in [0.25, 0.3) is 0 Å². The van der Waals surface area contributed by atoms with E-state index in [9.17, 15) is 10.2 Å². The molecule has 0 aliphatic heterocycles. The van der Waals surface area contributed by atoms with E-state index in [-0.39, 0.29) is 11.5 Å². The number of para-hydroxylation sites is 1. The lowest BCUT2D eigenvalue weighted by molar-refractivity contribution is 0.205. The number of benzene rings is 1. The zero-order valence-electron chi connectivity index (χ0n) is 11.2. The number of phenolic OH excluding ortho intramolecular Hbond substituents is 2. The zero-order chi connectivity index (χ0) is 13.1. The fourth-order valence-corrected chi connectivity index (χ4v) is 2.83. The monoisotopic (exact) mass is 249 g/mol. The Bertz CT molecular complexity index is 405. The van der Waals surface area contributed by atoms with Crippen LogP contribution in [0.1, 0.15) is 38.7 Å². The third kappa shape index (κ3) is 2.78. The third-order valence-electron chi connectivity index (χ3n) is 4.36. The predicted molar refractivity (Wildman–Crippen MR) is 72.6 cm³/mol. The van der Waals surface area contributed by atoms with Crippen LogP contribution < -0.4 is 5.32 Å². The maximum atomic E-state index is 9.75. The average Bonchev–Trinajstić information content (AvgIpc) is 2.36. The lowest BCUT2D eigenvalue weighted by Gasteiger charge is -2.34. The van der Waals surface area contributed by atoms with Crippen LogP contribution in [-0.2, 0) is 6.54 Å². The second-order valence-electron chi connectivity index (χ2n) is 5.54. The first-order valence-electron chi connectivity index (χ1n) is 6.82. The number of rotatable bonds is 3. The number of hydrogen-bond donors (Lipinski definition) is 3. The van der Waals surface area contributed by atoms with E-state index in [1.54, 1.807) is 6.07 Å². The Labute approximate surface area is 109 Å². The second kappa shape index (κ2) is 5.61. The Morgan fingerprint density at radius 3 is 2.78 bits per heavy atom. The van der Waals surface area contributed by atoms with E-state index in [4.69, 9.17) is 0 Å². The minimum absolute atomic E-state index is 0.00140. The molecule has 2 rings (SSSR count). The van der Waals surface area contributed by atoms with Gasteiger partial charge in [-0.2, -0.15) is 0 Å². The minimum Gasteiger partial charge on any atom is -0.504 e. The van der Waals surface area contributed by atoms with E-state index in [1.807, 2.05) is 6.07 Å². The number of phenols is 2. The molecule has 0 spiro atoms. The molecule has 3 heteroatoms. The molecule has 3 atom stereocenters. The van der Waals surface area contributed by atoms with Gasteiger partial charge in [0.15, 0.2) is 11.5 Å². The van der Waals surface area contributed by atoms with E-state index >= 15 is 0 Å². The Kier molecular flexibility index (Phi) is 4.12. The van der Waals surface area contributed by atoms with Gasteiger partial charge in [-0.05, 0) is 24.3 Å². The molecular formula is C15H23NO2. The van der Waals surface area contributed by atoms with Gasteiger partial charge in [-0.3, -0.25) is 0 Å². The van der Waals surface area contributed by atoms with Crippen LogP contribution in [0.2, 0.25) is 0 Å². The topological polar surface area (TPSA) is 52.5 Å². The van der Waals surface area contributed by atoms with E-state index in [1.165, 1.54) is 25.3 Å². The van der Waals surface area contributed by atoms with Gasteiger partial charge in [0.1, 0.15) is 0 Å². The average molecular weight is 249 g/mol. The van der Waals surface area contributed by atoms with Crippen molar-refractivity contribution in [2.75, 3.05) is 0 Å². The number of nitrogens with one attached hydrogen (secondary N) is 1. The van der Waals surface area contributed by atoms with E-state index < -0.39 is 0 Å². The lowest BCUT2D eigenvalue weighted by atomic mass is 9.78. The summed E-state index contributed by atoms with van der Waals surface area (Å²) in [6.45, 7) is 5.22. The molecule has 0 radical (unpaired) electrons. The Morgan fingerprint density at radius 2 is 2.00 bits per heavy atom. The molecule has 0 aromatic heterocycles. The van der Waals surface area contributed by atoms with Gasteiger partial charge in [-0.25, -0.2) is 0 Å². The molecule has 100 valence electrons. The fourth-order valence-electron chi connectivity index (χ4n) is 2.83. The summed E-state index contributed by atoms with van der Waals surface area (Å²) in [5, 5.41) is 22.7. The van der Waals surface area contributed by atoms with Gasteiger partial charge in [0, 0.05) is 18.2 Å². The van der Waals surface area contributed by atoms with E-state index in [0.29, 0.717) is 18.5 Å². The standard InChI is InChI=1S/C15H23NO2/c1-10-5-3-7-13(11(10)2)16-9-12-6-4-8-14(17)15(12)18/h4,6,8,10-11,13,16-18H,3,5,7,9H2,1-2H3. The second-order valence-corrected chi connectivity index (χ2v) is 5.54. The highest BCUT2D eigenvalue weighted by atomic mass is 16.3. The van der Waals surface area contributed by atoms with Crippen LogP contribution in [0.5, 0.6) is 11.5 Å². The Balaban J connectivity index is 1.97. The number of aromatic hydroxyl groups is 2. The Hall–Kier alpha value is -1.22. The van der Waals surface area contributed by atoms with Crippen LogP contribution in [0, 0.1) is 11.8 Å². The molecule has 0 heterocycles. The van der Waals surface area contributed by atoms with Crippen LogP contribution in [-0.4, -0.2) is 16.3 Å². The van der Waals surface area contributed by atoms with Crippen molar-refractivity contribution in [1.29, 1.82) is 0 Å². The van der Waals surface area contributed by atoms with Crippen LogP contribution in [0.25, 0.3) is 0 Å². The van der Waals surface area contributed by atoms with Crippen LogP contribution in [0.15, 0.2) is 18.2 Å². The maximum Gasteiger partial charge on any atom is 0.161 e. The largest absolute Gasteiger partial charge is 0.504 e. The van der Waals surface area contributed by atoms with Crippen molar-refractivity contribution < 1.29 is 10.2 Å². The van der Waals surface area contributed by atoms with Crippen molar-refractivity contribution in [2.24, 2.45) is 11.8 Å². The highest BCUT2D eigenvalue weighted by Gasteiger charge is 2.26. The molecule has 1 aromatic rings. The predicted octanol–water partition coefficient (Wildman–Crippen LogP) is 3.01. The first-order chi connectivity index (χ1) is 8.59. The molecule has 0 amide bonds. The molecule has 3 nitrogen and oxygen atoms in total. The molecule has 0 bridgehead atoms. The molecular weight excluding hydrogens is 226 g/mol. The van der Waals surface area contributed by atoms with Gasteiger partial charge >= 0.3 is 0 Å². The SMILES string of the molecule is CC1CCCC(NCc2cccc(O)c2O)C1C. The van der Waals surface area contributed by atoms with Crippen molar-refractivity contribution in [3.05, 3.63) is 23.8 Å². The van der Waals surface area contributed by atoms with Crippen molar-refractivity contribution in [1.82, 2.24) is 5.32 Å². The van der Waals surface area contributed by atoms with Gasteiger partial charge in [-0.1, -0.05) is 38.8 Å². The normalized spacial score (nSPS) is 28.2. The summed E-state index contributed by atoms with van der Waals surface area (Å²) in [6.07, 6.45) is 3.79. The molecule has 1 aliphatic rings. The molecule has 3 N–H and O–H groups in total. The first-order valence-corrected chi connectivity index (χ1v) is 6.82. The smallest absolute Gasteiger partial charge is 0.161 e. The highest BCUT2D eigenvalue weighted by Crippen LogP contribution is 2.31. The van der Waals surface area contributed by atoms with Crippen molar-refractivity contribution in [3.8, 4) is 11.5 Å². The van der Waals surface area contributed by atoms with Crippen LogP contribution >= 0.6 is 0 Å². The van der Waals surface area contributed by atoms with Gasteiger partial charge in [-0.15, -0.1) is 0 Å². The van der Waals surface area contributed by atoms with Crippen molar-refractivity contribution in [3.63, 3.8) is 0 Å². The minimum atomic E-state index is -0.0423. The summed E-state index contributed by atoms with van der Waals surface area (Å²) in [5.41, 5.74) is 0.764. The molecule has 1 saturated carbocycles. The number of hydrogen-bond acceptors (Lipinski definition) is 3. The van der Waals surface area contributed by atoms with E-state index in [2.05, 4.69) is 19.2 Å². The quantitative estimate of drug-likeness (QED) is 0.722. The third-order valence-corrected chi connectivity index (χ3v) is 4.36. The van der Waals surface area contributed by atoms with Crippen LogP contribution in [0.3, 0.4) is 0 Å². The summed E-state index contributed by atoms with van der Waals surface area (Å²) >= 11 is 0.